The van der Waals surface area contributed by atoms with Crippen molar-refractivity contribution in [3.8, 4) is 0 Å². The van der Waals surface area contributed by atoms with E-state index in [9.17, 15) is 0 Å². The maximum atomic E-state index is 5.47. The van der Waals surface area contributed by atoms with Crippen molar-refractivity contribution in [1.82, 2.24) is 0 Å². The predicted molar refractivity (Wildman–Crippen MR) is 40.5 cm³/mol. The Labute approximate surface area is 57.7 Å². The van der Waals surface area contributed by atoms with E-state index in [2.05, 4.69) is 6.58 Å². The molecule has 0 heterocycles. The third kappa shape index (κ3) is 4.22. The van der Waals surface area contributed by atoms with E-state index < -0.39 is 0 Å². The zero-order chi connectivity index (χ0) is 7.49. The van der Waals surface area contributed by atoms with Crippen LogP contribution >= 0.6 is 0 Å². The summed E-state index contributed by atoms with van der Waals surface area (Å²) in [6.45, 7) is 11.7. The van der Waals surface area contributed by atoms with Crippen LogP contribution in [-0.4, -0.2) is 11.7 Å². The largest absolute Gasteiger partial charge is 0.369 e. The Bertz CT molecular complexity index is 92.7. The van der Waals surface area contributed by atoms with E-state index >= 15 is 0 Å². The maximum absolute atomic E-state index is 5.47. The van der Waals surface area contributed by atoms with E-state index in [-0.39, 0.29) is 11.7 Å². The molecule has 0 aliphatic carbocycles. The van der Waals surface area contributed by atoms with Crippen LogP contribution in [-0.2, 0) is 4.74 Å². The van der Waals surface area contributed by atoms with Gasteiger partial charge < -0.3 is 4.74 Å². The average Bonchev–Trinajstić information content (AvgIpc) is 1.63. The van der Waals surface area contributed by atoms with Gasteiger partial charge in [-0.3, -0.25) is 0 Å². The van der Waals surface area contributed by atoms with Crippen molar-refractivity contribution >= 4 is 0 Å². The Balaban J connectivity index is 3.71. The summed E-state index contributed by atoms with van der Waals surface area (Å²) in [4.78, 5) is 0. The number of rotatable bonds is 3. The normalized spacial score (nSPS) is 12.1. The van der Waals surface area contributed by atoms with Gasteiger partial charge in [-0.1, -0.05) is 6.08 Å². The zero-order valence-electron chi connectivity index (χ0n) is 6.77. The number of hydrogen-bond acceptors (Lipinski definition) is 1. The predicted octanol–water partition coefficient (Wildman–Crippen LogP) is 2.38. The molecule has 1 nitrogen and oxygen atoms in total. The van der Waals surface area contributed by atoms with Crippen molar-refractivity contribution in [3.63, 3.8) is 0 Å². The van der Waals surface area contributed by atoms with Crippen LogP contribution in [0.4, 0.5) is 0 Å². The summed E-state index contributed by atoms with van der Waals surface area (Å²) in [5.74, 6) is 0. The van der Waals surface area contributed by atoms with E-state index in [0.29, 0.717) is 0 Å². The molecule has 0 aromatic carbocycles. The fourth-order valence-electron chi connectivity index (χ4n) is 0.656. The van der Waals surface area contributed by atoms with Gasteiger partial charge in [-0.05, 0) is 27.7 Å². The molecule has 0 unspecified atom stereocenters. The molecule has 0 fully saturated rings. The lowest BCUT2D eigenvalue weighted by molar-refractivity contribution is -0.0224. The lowest BCUT2D eigenvalue weighted by atomic mass is 10.1. The summed E-state index contributed by atoms with van der Waals surface area (Å²) in [5, 5.41) is 0. The molecule has 0 radical (unpaired) electrons. The lowest BCUT2D eigenvalue weighted by Crippen LogP contribution is -2.24. The highest BCUT2D eigenvalue weighted by atomic mass is 16.5. The van der Waals surface area contributed by atoms with Crippen molar-refractivity contribution in [2.75, 3.05) is 0 Å². The van der Waals surface area contributed by atoms with Crippen LogP contribution in [0, 0.1) is 0 Å². The molecule has 0 saturated carbocycles. The molecule has 0 aromatic rings. The molecule has 1 heteroatoms. The Morgan fingerprint density at radius 1 is 1.44 bits per heavy atom. The first-order valence-electron chi connectivity index (χ1n) is 3.29. The topological polar surface area (TPSA) is 9.23 Å². The Hall–Kier alpha value is -0.300. The molecule has 0 atom stereocenters. The zero-order valence-corrected chi connectivity index (χ0v) is 6.77. The molecule has 9 heavy (non-hydrogen) atoms. The SMILES string of the molecule is C=CC(C)(C)OC(C)C. The van der Waals surface area contributed by atoms with Crippen molar-refractivity contribution in [3.05, 3.63) is 12.7 Å². The van der Waals surface area contributed by atoms with Crippen LogP contribution in [0.2, 0.25) is 0 Å². The fraction of sp³-hybridized carbons (Fsp3) is 0.750. The fourth-order valence-corrected chi connectivity index (χ4v) is 0.656. The smallest absolute Gasteiger partial charge is 0.0807 e. The van der Waals surface area contributed by atoms with Crippen LogP contribution in [0.3, 0.4) is 0 Å². The first kappa shape index (κ1) is 8.70. The molecule has 0 aliphatic heterocycles. The highest BCUT2D eigenvalue weighted by Crippen LogP contribution is 2.11. The van der Waals surface area contributed by atoms with E-state index in [1.807, 2.05) is 33.8 Å². The van der Waals surface area contributed by atoms with Crippen LogP contribution in [0.5, 0.6) is 0 Å². The van der Waals surface area contributed by atoms with Crippen LogP contribution in [0.1, 0.15) is 27.7 Å². The molecule has 0 aliphatic rings. The Morgan fingerprint density at radius 3 is 2.00 bits per heavy atom. The van der Waals surface area contributed by atoms with Gasteiger partial charge in [-0.15, -0.1) is 6.58 Å². The molecule has 0 rings (SSSR count). The quantitative estimate of drug-likeness (QED) is 0.530. The molecule has 54 valence electrons. The summed E-state index contributed by atoms with van der Waals surface area (Å²) < 4.78 is 5.47. The van der Waals surface area contributed by atoms with Gasteiger partial charge in [0.05, 0.1) is 11.7 Å². The Morgan fingerprint density at radius 2 is 1.89 bits per heavy atom. The minimum absolute atomic E-state index is 0.172. The lowest BCUT2D eigenvalue weighted by Gasteiger charge is -2.23. The van der Waals surface area contributed by atoms with E-state index in [1.165, 1.54) is 0 Å². The molecule has 0 amide bonds. The maximum Gasteiger partial charge on any atom is 0.0807 e. The summed E-state index contributed by atoms with van der Waals surface area (Å²) >= 11 is 0. The van der Waals surface area contributed by atoms with E-state index in [4.69, 9.17) is 4.74 Å². The van der Waals surface area contributed by atoms with Gasteiger partial charge in [0.2, 0.25) is 0 Å². The highest BCUT2D eigenvalue weighted by Gasteiger charge is 2.13. The van der Waals surface area contributed by atoms with Crippen molar-refractivity contribution < 1.29 is 4.74 Å². The molecule has 0 saturated heterocycles. The van der Waals surface area contributed by atoms with Gasteiger partial charge in [0.15, 0.2) is 0 Å². The van der Waals surface area contributed by atoms with Gasteiger partial charge in [0.25, 0.3) is 0 Å². The van der Waals surface area contributed by atoms with Crippen molar-refractivity contribution in [1.29, 1.82) is 0 Å². The number of hydrogen-bond donors (Lipinski definition) is 0. The summed E-state index contributed by atoms with van der Waals surface area (Å²) in [7, 11) is 0. The molecular weight excluding hydrogens is 112 g/mol. The second kappa shape index (κ2) is 3.02. The second-order valence-electron chi connectivity index (χ2n) is 2.97. The van der Waals surface area contributed by atoms with Gasteiger partial charge in [-0.2, -0.15) is 0 Å². The minimum atomic E-state index is -0.172. The third-order valence-electron chi connectivity index (χ3n) is 1.03. The van der Waals surface area contributed by atoms with Crippen molar-refractivity contribution in [2.24, 2.45) is 0 Å². The van der Waals surface area contributed by atoms with Gasteiger partial charge >= 0.3 is 0 Å². The first-order valence-corrected chi connectivity index (χ1v) is 3.29. The van der Waals surface area contributed by atoms with Gasteiger partial charge in [-0.25, -0.2) is 0 Å². The third-order valence-corrected chi connectivity index (χ3v) is 1.03. The molecule has 0 bridgehead atoms. The standard InChI is InChI=1S/C8H16O/c1-6-8(4,5)9-7(2)3/h6-7H,1H2,2-5H3. The van der Waals surface area contributed by atoms with E-state index in [0.717, 1.165) is 0 Å². The van der Waals surface area contributed by atoms with Gasteiger partial charge in [0.1, 0.15) is 0 Å². The molecule has 0 spiro atoms. The summed E-state index contributed by atoms with van der Waals surface area (Å²) in [6.07, 6.45) is 2.09. The highest BCUT2D eigenvalue weighted by molar-refractivity contribution is 4.89. The van der Waals surface area contributed by atoms with Crippen molar-refractivity contribution in [2.45, 2.75) is 39.4 Å². The summed E-state index contributed by atoms with van der Waals surface area (Å²) in [6, 6.07) is 0. The second-order valence-corrected chi connectivity index (χ2v) is 2.97. The van der Waals surface area contributed by atoms with Crippen LogP contribution in [0.15, 0.2) is 12.7 Å². The number of ether oxygens (including phenoxy) is 1. The molecule has 0 N–H and O–H groups in total. The molecular formula is C8H16O. The first-order chi connectivity index (χ1) is 3.98. The van der Waals surface area contributed by atoms with Crippen LogP contribution < -0.4 is 0 Å². The minimum Gasteiger partial charge on any atom is -0.369 e. The van der Waals surface area contributed by atoms with Gasteiger partial charge in [0, 0.05) is 0 Å². The Kier molecular flexibility index (Phi) is 2.92. The van der Waals surface area contributed by atoms with E-state index in [1.54, 1.807) is 0 Å². The average molecular weight is 128 g/mol. The monoisotopic (exact) mass is 128 g/mol. The summed E-state index contributed by atoms with van der Waals surface area (Å²) in [5.41, 5.74) is -0.172. The van der Waals surface area contributed by atoms with Crippen LogP contribution in [0.25, 0.3) is 0 Å². The molecule has 0 aromatic heterocycles.